The first kappa shape index (κ1) is 29.7. The van der Waals surface area contributed by atoms with Crippen LogP contribution in [0.4, 0.5) is 4.79 Å². The lowest BCUT2D eigenvalue weighted by Crippen LogP contribution is -2.32. The number of nitrogens with zero attached hydrogens (tertiary/aromatic N) is 1. The molecule has 3 aromatic rings. The monoisotopic (exact) mass is 532 g/mol. The molecule has 1 heterocycles. The average Bonchev–Trinajstić information content (AvgIpc) is 2.82. The summed E-state index contributed by atoms with van der Waals surface area (Å²) < 4.78 is 16.8. The van der Waals surface area contributed by atoms with Crippen molar-refractivity contribution in [3.63, 3.8) is 0 Å². The van der Waals surface area contributed by atoms with Crippen LogP contribution in [0.25, 0.3) is 11.1 Å². The molecule has 1 aromatic heterocycles. The van der Waals surface area contributed by atoms with Crippen molar-refractivity contribution in [1.82, 2.24) is 10.3 Å². The number of hydrogen-bond acceptors (Lipinski definition) is 6. The van der Waals surface area contributed by atoms with Gasteiger partial charge in [0.05, 0.1) is 0 Å². The second-order valence-corrected chi connectivity index (χ2v) is 11.1. The van der Waals surface area contributed by atoms with Crippen molar-refractivity contribution in [1.29, 1.82) is 0 Å². The zero-order valence-corrected chi connectivity index (χ0v) is 24.3. The highest BCUT2D eigenvalue weighted by Gasteiger charge is 2.22. The van der Waals surface area contributed by atoms with E-state index in [9.17, 15) is 9.59 Å². The molecular weight excluding hydrogens is 492 g/mol. The SMILES string of the molecule is CC(=O)Oc1ccc(OCc2c(C)nc(CC(C)C)c(CNC(=O)OC(C)(C)C)c2-c2ccc(C)cc2)cc1. The fourth-order valence-electron chi connectivity index (χ4n) is 4.24. The average molecular weight is 533 g/mol. The summed E-state index contributed by atoms with van der Waals surface area (Å²) in [6.07, 6.45) is 0.295. The fourth-order valence-corrected chi connectivity index (χ4v) is 4.24. The maximum absolute atomic E-state index is 12.6. The maximum Gasteiger partial charge on any atom is 0.407 e. The molecule has 0 atom stereocenters. The first-order valence-corrected chi connectivity index (χ1v) is 13.3. The molecule has 7 heteroatoms. The number of ether oxygens (including phenoxy) is 3. The lowest BCUT2D eigenvalue weighted by atomic mass is 9.90. The van der Waals surface area contributed by atoms with Gasteiger partial charge in [0.2, 0.25) is 0 Å². The van der Waals surface area contributed by atoms with Crippen molar-refractivity contribution >= 4 is 12.1 Å². The summed E-state index contributed by atoms with van der Waals surface area (Å²) in [7, 11) is 0. The summed E-state index contributed by atoms with van der Waals surface area (Å²) in [6, 6.07) is 15.3. The molecule has 0 radical (unpaired) electrons. The Morgan fingerprint density at radius 2 is 1.54 bits per heavy atom. The van der Waals surface area contributed by atoms with Crippen LogP contribution >= 0.6 is 0 Å². The van der Waals surface area contributed by atoms with Gasteiger partial charge >= 0.3 is 12.1 Å². The number of aryl methyl sites for hydroxylation is 2. The van der Waals surface area contributed by atoms with Crippen LogP contribution in [-0.2, 0) is 29.1 Å². The van der Waals surface area contributed by atoms with Crippen LogP contribution in [0.1, 0.15) is 69.6 Å². The van der Waals surface area contributed by atoms with Crippen LogP contribution in [0.3, 0.4) is 0 Å². The van der Waals surface area contributed by atoms with Gasteiger partial charge in [-0.2, -0.15) is 0 Å². The van der Waals surface area contributed by atoms with Gasteiger partial charge in [0.25, 0.3) is 0 Å². The smallest absolute Gasteiger partial charge is 0.407 e. The van der Waals surface area contributed by atoms with Crippen molar-refractivity contribution in [2.75, 3.05) is 0 Å². The van der Waals surface area contributed by atoms with Crippen LogP contribution in [0.15, 0.2) is 48.5 Å². The molecule has 0 aliphatic rings. The molecule has 0 saturated carbocycles. The number of aromatic nitrogens is 1. The molecule has 1 N–H and O–H groups in total. The van der Waals surface area contributed by atoms with Gasteiger partial charge in [-0.1, -0.05) is 43.7 Å². The molecule has 0 spiro atoms. The Morgan fingerprint density at radius 1 is 0.923 bits per heavy atom. The van der Waals surface area contributed by atoms with E-state index in [4.69, 9.17) is 19.2 Å². The number of amides is 1. The summed E-state index contributed by atoms with van der Waals surface area (Å²) in [5.74, 6) is 1.10. The largest absolute Gasteiger partial charge is 0.489 e. The first-order chi connectivity index (χ1) is 18.3. The van der Waals surface area contributed by atoms with E-state index in [1.807, 2.05) is 27.7 Å². The minimum atomic E-state index is -0.597. The lowest BCUT2D eigenvalue weighted by Gasteiger charge is -2.24. The van der Waals surface area contributed by atoms with Crippen LogP contribution in [0.2, 0.25) is 0 Å². The zero-order valence-electron chi connectivity index (χ0n) is 24.3. The minimum absolute atomic E-state index is 0.274. The summed E-state index contributed by atoms with van der Waals surface area (Å²) in [5, 5.41) is 2.95. The number of carbonyl (C=O) groups is 2. The number of esters is 1. The van der Waals surface area contributed by atoms with Crippen LogP contribution in [0, 0.1) is 19.8 Å². The number of rotatable bonds is 9. The number of nitrogens with one attached hydrogen (secondary N) is 1. The molecule has 7 nitrogen and oxygen atoms in total. The number of benzene rings is 2. The Labute approximate surface area is 231 Å². The highest BCUT2D eigenvalue weighted by molar-refractivity contribution is 5.74. The number of alkyl carbamates (subject to hydrolysis) is 1. The molecular formula is C32H40N2O5. The Kier molecular flexibility index (Phi) is 9.73. The predicted octanol–water partition coefficient (Wildman–Crippen LogP) is 7.09. The van der Waals surface area contributed by atoms with Gasteiger partial charge in [0, 0.05) is 36.0 Å². The second-order valence-electron chi connectivity index (χ2n) is 11.1. The third-order valence-corrected chi connectivity index (χ3v) is 5.91. The van der Waals surface area contributed by atoms with E-state index in [2.05, 4.69) is 50.4 Å². The molecule has 0 saturated heterocycles. The van der Waals surface area contributed by atoms with Gasteiger partial charge in [-0.05, 0) is 82.3 Å². The molecule has 39 heavy (non-hydrogen) atoms. The van der Waals surface area contributed by atoms with Crippen LogP contribution < -0.4 is 14.8 Å². The van der Waals surface area contributed by atoms with Gasteiger partial charge < -0.3 is 19.5 Å². The Hall–Kier alpha value is -3.87. The van der Waals surface area contributed by atoms with E-state index in [1.54, 1.807) is 24.3 Å². The summed E-state index contributed by atoms with van der Waals surface area (Å²) in [6.45, 7) is 15.8. The van der Waals surface area contributed by atoms with Crippen molar-refractivity contribution < 1.29 is 23.8 Å². The third-order valence-electron chi connectivity index (χ3n) is 5.91. The van der Waals surface area contributed by atoms with E-state index < -0.39 is 11.7 Å². The fraction of sp³-hybridized carbons (Fsp3) is 0.406. The molecule has 0 bridgehead atoms. The molecule has 0 unspecified atom stereocenters. The van der Waals surface area contributed by atoms with Gasteiger partial charge in [-0.15, -0.1) is 0 Å². The highest BCUT2D eigenvalue weighted by Crippen LogP contribution is 2.34. The molecule has 0 fully saturated rings. The normalized spacial score (nSPS) is 11.3. The van der Waals surface area contributed by atoms with Crippen LogP contribution in [-0.4, -0.2) is 22.6 Å². The molecule has 0 aliphatic heterocycles. The van der Waals surface area contributed by atoms with Crippen molar-refractivity contribution in [2.45, 2.75) is 80.6 Å². The first-order valence-electron chi connectivity index (χ1n) is 13.3. The quantitative estimate of drug-likeness (QED) is 0.234. The van der Waals surface area contributed by atoms with E-state index >= 15 is 0 Å². The molecule has 3 rings (SSSR count). The van der Waals surface area contributed by atoms with Gasteiger partial charge in [-0.3, -0.25) is 9.78 Å². The van der Waals surface area contributed by atoms with E-state index in [-0.39, 0.29) is 19.1 Å². The van der Waals surface area contributed by atoms with E-state index in [0.717, 1.165) is 45.6 Å². The predicted molar refractivity (Wildman–Crippen MR) is 153 cm³/mol. The third kappa shape index (κ3) is 8.84. The van der Waals surface area contributed by atoms with Gasteiger partial charge in [0.15, 0.2) is 0 Å². The van der Waals surface area contributed by atoms with Crippen molar-refractivity contribution in [3.8, 4) is 22.6 Å². The Bertz CT molecular complexity index is 1290. The van der Waals surface area contributed by atoms with E-state index in [1.165, 1.54) is 6.92 Å². The van der Waals surface area contributed by atoms with Crippen molar-refractivity contribution in [3.05, 3.63) is 76.6 Å². The maximum atomic E-state index is 12.6. The summed E-state index contributed by atoms with van der Waals surface area (Å²) in [4.78, 5) is 28.8. The Balaban J connectivity index is 2.04. The topological polar surface area (TPSA) is 86.8 Å². The molecule has 0 aliphatic carbocycles. The number of pyridine rings is 1. The molecule has 2 aromatic carbocycles. The zero-order chi connectivity index (χ0) is 28.7. The summed E-state index contributed by atoms with van der Waals surface area (Å²) in [5.41, 5.74) is 6.31. The highest BCUT2D eigenvalue weighted by atomic mass is 16.6. The number of carbonyl (C=O) groups excluding carboxylic acids is 2. The lowest BCUT2D eigenvalue weighted by molar-refractivity contribution is -0.131. The van der Waals surface area contributed by atoms with Crippen molar-refractivity contribution in [2.24, 2.45) is 5.92 Å². The minimum Gasteiger partial charge on any atom is -0.489 e. The van der Waals surface area contributed by atoms with Crippen LogP contribution in [0.5, 0.6) is 11.5 Å². The van der Waals surface area contributed by atoms with Gasteiger partial charge in [-0.25, -0.2) is 4.79 Å². The number of hydrogen-bond donors (Lipinski definition) is 1. The van der Waals surface area contributed by atoms with Gasteiger partial charge in [0.1, 0.15) is 23.7 Å². The standard InChI is InChI=1S/C32H40N2O5/c1-20(2)17-29-27(18-33-31(36)39-32(6,7)8)30(24-11-9-21(3)10-12-24)28(22(4)34-29)19-37-25-13-15-26(16-14-25)38-23(5)35/h9-16,20H,17-19H2,1-8H3,(H,33,36). The molecule has 208 valence electrons. The Morgan fingerprint density at radius 3 is 2.10 bits per heavy atom. The van der Waals surface area contributed by atoms with E-state index in [0.29, 0.717) is 17.4 Å². The molecule has 1 amide bonds. The summed E-state index contributed by atoms with van der Waals surface area (Å²) >= 11 is 0. The second kappa shape index (κ2) is 12.8.